The predicted octanol–water partition coefficient (Wildman–Crippen LogP) is 4.59. The number of nitrogens with zero attached hydrogens (tertiary/aromatic N) is 1. The summed E-state index contributed by atoms with van der Waals surface area (Å²) in [5, 5.41) is 23.5. The van der Waals surface area contributed by atoms with Crippen LogP contribution in [0.25, 0.3) is 0 Å². The van der Waals surface area contributed by atoms with Crippen molar-refractivity contribution in [2.24, 2.45) is 0 Å². The number of halogens is 1. The molecule has 140 valence electrons. The molecule has 0 radical (unpaired) electrons. The number of benzene rings is 3. The van der Waals surface area contributed by atoms with E-state index in [4.69, 9.17) is 16.9 Å². The van der Waals surface area contributed by atoms with Gasteiger partial charge in [-0.25, -0.2) is 0 Å². The van der Waals surface area contributed by atoms with E-state index < -0.39 is 11.5 Å². The summed E-state index contributed by atoms with van der Waals surface area (Å²) in [6.07, 6.45) is 0.120. The number of anilines is 1. The lowest BCUT2D eigenvalue weighted by atomic mass is 9.84. The third-order valence-electron chi connectivity index (χ3n) is 4.62. The average Bonchev–Trinajstić information content (AvgIpc) is 2.69. The summed E-state index contributed by atoms with van der Waals surface area (Å²) in [5.74, 6) is -0.563. The molecule has 0 spiro atoms. The molecule has 2 N–H and O–H groups in total. The van der Waals surface area contributed by atoms with Crippen LogP contribution >= 0.6 is 11.6 Å². The van der Waals surface area contributed by atoms with Gasteiger partial charge in [0, 0.05) is 12.1 Å². The molecule has 3 aromatic rings. The molecule has 0 aromatic heterocycles. The van der Waals surface area contributed by atoms with E-state index in [-0.39, 0.29) is 11.4 Å². The van der Waals surface area contributed by atoms with E-state index in [1.165, 1.54) is 12.1 Å². The van der Waals surface area contributed by atoms with Crippen molar-refractivity contribution in [3.8, 4) is 6.07 Å². The highest BCUT2D eigenvalue weighted by Gasteiger charge is 2.39. The van der Waals surface area contributed by atoms with Gasteiger partial charge in [-0.05, 0) is 41.8 Å². The summed E-state index contributed by atoms with van der Waals surface area (Å²) in [7, 11) is 0. The van der Waals surface area contributed by atoms with Crippen molar-refractivity contribution in [2.45, 2.75) is 18.9 Å². The molecule has 0 saturated heterocycles. The van der Waals surface area contributed by atoms with E-state index in [1.54, 1.807) is 18.2 Å². The number of amides is 1. The van der Waals surface area contributed by atoms with Crippen molar-refractivity contribution in [3.05, 3.63) is 100 Å². The van der Waals surface area contributed by atoms with E-state index in [1.807, 2.05) is 55.5 Å². The lowest BCUT2D eigenvalue weighted by Crippen LogP contribution is -2.42. The van der Waals surface area contributed by atoms with Crippen molar-refractivity contribution >= 4 is 23.2 Å². The van der Waals surface area contributed by atoms with Gasteiger partial charge < -0.3 is 10.4 Å². The smallest absolute Gasteiger partial charge is 0.261 e. The fourth-order valence-electron chi connectivity index (χ4n) is 3.14. The molecule has 1 unspecified atom stereocenters. The number of aliphatic hydroxyl groups is 1. The highest BCUT2D eigenvalue weighted by atomic mass is 35.5. The number of carbonyl (C=O) groups excluding carboxylic acids is 1. The number of aryl methyl sites for hydroxylation is 1. The molecule has 0 aliphatic rings. The second kappa shape index (κ2) is 8.26. The van der Waals surface area contributed by atoms with Crippen LogP contribution < -0.4 is 5.32 Å². The number of hydrogen-bond acceptors (Lipinski definition) is 3. The summed E-state index contributed by atoms with van der Waals surface area (Å²) in [6.45, 7) is 1.86. The first kappa shape index (κ1) is 19.6. The van der Waals surface area contributed by atoms with E-state index in [0.29, 0.717) is 16.8 Å². The van der Waals surface area contributed by atoms with Crippen molar-refractivity contribution in [1.29, 1.82) is 5.26 Å². The Morgan fingerprint density at radius 3 is 2.43 bits per heavy atom. The number of nitrogens with one attached hydrogen (secondary N) is 1. The van der Waals surface area contributed by atoms with Gasteiger partial charge >= 0.3 is 0 Å². The van der Waals surface area contributed by atoms with Gasteiger partial charge in [0.1, 0.15) is 6.07 Å². The molecule has 5 heteroatoms. The Morgan fingerprint density at radius 2 is 1.79 bits per heavy atom. The monoisotopic (exact) mass is 390 g/mol. The van der Waals surface area contributed by atoms with Gasteiger partial charge in [-0.15, -0.1) is 0 Å². The largest absolute Gasteiger partial charge is 0.375 e. The lowest BCUT2D eigenvalue weighted by molar-refractivity contribution is -0.135. The molecule has 1 amide bonds. The van der Waals surface area contributed by atoms with Crippen LogP contribution in [0.15, 0.2) is 72.8 Å². The number of rotatable bonds is 5. The van der Waals surface area contributed by atoms with E-state index in [0.717, 1.165) is 11.1 Å². The fourth-order valence-corrected chi connectivity index (χ4v) is 3.37. The van der Waals surface area contributed by atoms with Crippen LogP contribution in [-0.2, 0) is 16.8 Å². The molecule has 0 bridgehead atoms. The van der Waals surface area contributed by atoms with Crippen LogP contribution in [0.2, 0.25) is 5.02 Å². The minimum absolute atomic E-state index is 0.120. The third kappa shape index (κ3) is 4.07. The van der Waals surface area contributed by atoms with Gasteiger partial charge in [-0.2, -0.15) is 5.26 Å². The molecule has 4 nitrogen and oxygen atoms in total. The molecule has 0 aliphatic carbocycles. The van der Waals surface area contributed by atoms with Crippen LogP contribution in [0, 0.1) is 18.3 Å². The Hall–Kier alpha value is -3.13. The molecule has 0 heterocycles. The molecular formula is C23H19ClN2O2. The number of hydrogen-bond donors (Lipinski definition) is 2. The van der Waals surface area contributed by atoms with Crippen LogP contribution in [0.3, 0.4) is 0 Å². The molecule has 1 atom stereocenters. The minimum atomic E-state index is -1.77. The topological polar surface area (TPSA) is 73.1 Å². The lowest BCUT2D eigenvalue weighted by Gasteiger charge is -2.29. The van der Waals surface area contributed by atoms with Crippen LogP contribution in [0.4, 0.5) is 5.69 Å². The van der Waals surface area contributed by atoms with E-state index >= 15 is 0 Å². The van der Waals surface area contributed by atoms with Gasteiger partial charge in [0.05, 0.1) is 10.6 Å². The van der Waals surface area contributed by atoms with Crippen LogP contribution in [0.5, 0.6) is 0 Å². The van der Waals surface area contributed by atoms with Gasteiger partial charge in [0.15, 0.2) is 5.60 Å². The fraction of sp³-hybridized carbons (Fsp3) is 0.130. The summed E-state index contributed by atoms with van der Waals surface area (Å²) < 4.78 is 0. The van der Waals surface area contributed by atoms with Gasteiger partial charge in [0.2, 0.25) is 0 Å². The maximum absolute atomic E-state index is 13.2. The summed E-state index contributed by atoms with van der Waals surface area (Å²) in [4.78, 5) is 13.2. The zero-order valence-corrected chi connectivity index (χ0v) is 16.1. The predicted molar refractivity (Wildman–Crippen MR) is 110 cm³/mol. The first-order valence-corrected chi connectivity index (χ1v) is 9.15. The average molecular weight is 391 g/mol. The summed E-state index contributed by atoms with van der Waals surface area (Å²) in [5.41, 5.74) is 1.14. The Morgan fingerprint density at radius 1 is 1.11 bits per heavy atom. The third-order valence-corrected chi connectivity index (χ3v) is 4.93. The molecule has 3 rings (SSSR count). The minimum Gasteiger partial charge on any atom is -0.375 e. The number of nitriles is 1. The quantitative estimate of drug-likeness (QED) is 0.669. The molecule has 0 fully saturated rings. The Labute approximate surface area is 169 Å². The van der Waals surface area contributed by atoms with Crippen LogP contribution in [0.1, 0.15) is 22.3 Å². The van der Waals surface area contributed by atoms with Crippen LogP contribution in [-0.4, -0.2) is 11.0 Å². The van der Waals surface area contributed by atoms with E-state index in [9.17, 15) is 9.90 Å². The second-order valence-electron chi connectivity index (χ2n) is 6.60. The zero-order valence-electron chi connectivity index (χ0n) is 15.3. The molecule has 0 saturated carbocycles. The van der Waals surface area contributed by atoms with Gasteiger partial charge in [-0.3, -0.25) is 4.79 Å². The first-order chi connectivity index (χ1) is 13.4. The molecule has 28 heavy (non-hydrogen) atoms. The molecular weight excluding hydrogens is 372 g/mol. The maximum atomic E-state index is 13.2. The van der Waals surface area contributed by atoms with E-state index in [2.05, 4.69) is 5.32 Å². The number of carbonyl (C=O) groups is 1. The standard InChI is InChI=1S/C23H19ClN2O2/c1-16-7-5-6-10-20(16)23(28,14-17-8-3-2-4-9-17)22(27)26-19-12-11-18(15-25)21(24)13-19/h2-13,28H,14H2,1H3,(H,26,27). The van der Waals surface area contributed by atoms with Crippen molar-refractivity contribution in [2.75, 3.05) is 5.32 Å². The van der Waals surface area contributed by atoms with Crippen molar-refractivity contribution in [1.82, 2.24) is 0 Å². The normalized spacial score (nSPS) is 12.6. The van der Waals surface area contributed by atoms with Gasteiger partial charge in [-0.1, -0.05) is 66.2 Å². The molecule has 3 aromatic carbocycles. The first-order valence-electron chi connectivity index (χ1n) is 8.77. The molecule has 0 aliphatic heterocycles. The summed E-state index contributed by atoms with van der Waals surface area (Å²) in [6, 6.07) is 23.2. The summed E-state index contributed by atoms with van der Waals surface area (Å²) >= 11 is 6.06. The Kier molecular flexibility index (Phi) is 5.79. The zero-order chi connectivity index (χ0) is 20.1. The second-order valence-corrected chi connectivity index (χ2v) is 7.01. The highest BCUT2D eigenvalue weighted by Crippen LogP contribution is 2.31. The van der Waals surface area contributed by atoms with Crippen molar-refractivity contribution < 1.29 is 9.90 Å². The van der Waals surface area contributed by atoms with Crippen molar-refractivity contribution in [3.63, 3.8) is 0 Å². The Balaban J connectivity index is 1.99. The SMILES string of the molecule is Cc1ccccc1C(O)(Cc1ccccc1)C(=O)Nc1ccc(C#N)c(Cl)c1. The van der Waals surface area contributed by atoms with Gasteiger partial charge in [0.25, 0.3) is 5.91 Å². The maximum Gasteiger partial charge on any atom is 0.261 e. The Bertz CT molecular complexity index is 1040. The highest BCUT2D eigenvalue weighted by molar-refractivity contribution is 6.32.